The summed E-state index contributed by atoms with van der Waals surface area (Å²) in [5.74, 6) is -1.06. The molecule has 2 unspecified atom stereocenters. The Hall–Kier alpha value is -3.94. The third-order valence-electron chi connectivity index (χ3n) is 6.88. The van der Waals surface area contributed by atoms with Gasteiger partial charge in [0.05, 0.1) is 0 Å². The summed E-state index contributed by atoms with van der Waals surface area (Å²) in [5, 5.41) is 19.3. The number of fused-ring (bicyclic) bond motifs is 2. The topological polar surface area (TPSA) is 125 Å². The molecule has 0 aliphatic carbocycles. The number of benzene rings is 2. The number of phenolic OH excluding ortho intramolecular Hbond substituents is 1. The second kappa shape index (κ2) is 13.6. The minimum Gasteiger partial charge on any atom is -0.508 e. The summed E-state index contributed by atoms with van der Waals surface area (Å²) in [4.78, 5) is 49.5. The molecule has 1 heterocycles. The maximum atomic E-state index is 12.8. The van der Waals surface area contributed by atoms with Crippen molar-refractivity contribution < 1.29 is 24.3 Å². The lowest BCUT2D eigenvalue weighted by atomic mass is 9.79. The Balaban J connectivity index is 2.18. The maximum absolute atomic E-state index is 12.8. The summed E-state index contributed by atoms with van der Waals surface area (Å²) >= 11 is 0. The number of likely N-dealkylation sites (N-methyl/N-ethyl adjacent to an activating group) is 1. The van der Waals surface area contributed by atoms with Crippen molar-refractivity contribution in [3.63, 3.8) is 0 Å². The highest BCUT2D eigenvalue weighted by molar-refractivity contribution is 5.90. The number of nitrogens with one attached hydrogen (secondary N) is 3. The van der Waals surface area contributed by atoms with Crippen molar-refractivity contribution >= 4 is 23.5 Å². The van der Waals surface area contributed by atoms with E-state index < -0.39 is 6.04 Å². The van der Waals surface area contributed by atoms with Crippen molar-refractivity contribution in [2.45, 2.75) is 64.3 Å². The van der Waals surface area contributed by atoms with Gasteiger partial charge in [-0.3, -0.25) is 19.2 Å². The highest BCUT2D eigenvalue weighted by atomic mass is 16.3. The number of rotatable bonds is 6. The molecule has 2 bridgehead atoms. The molecule has 3 atom stereocenters. The summed E-state index contributed by atoms with van der Waals surface area (Å²) in [5.41, 5.74) is 3.40. The Morgan fingerprint density at radius 3 is 2.53 bits per heavy atom. The van der Waals surface area contributed by atoms with E-state index in [2.05, 4.69) is 16.0 Å². The van der Waals surface area contributed by atoms with Gasteiger partial charge in [0.1, 0.15) is 17.6 Å². The van der Waals surface area contributed by atoms with Crippen LogP contribution in [0.5, 0.6) is 5.75 Å². The summed E-state index contributed by atoms with van der Waals surface area (Å²) < 4.78 is 0. The fourth-order valence-corrected chi connectivity index (χ4v) is 4.95. The van der Waals surface area contributed by atoms with Crippen LogP contribution >= 0.6 is 0 Å². The molecule has 3 rings (SSSR count). The molecule has 2 aromatic carbocycles. The molecule has 8 heteroatoms. The molecular weight excluding hydrogens is 482 g/mol. The van der Waals surface area contributed by atoms with Crippen LogP contribution in [0, 0.1) is 5.92 Å². The summed E-state index contributed by atoms with van der Waals surface area (Å²) in [6.07, 6.45) is 5.08. The quantitative estimate of drug-likeness (QED) is 0.466. The van der Waals surface area contributed by atoms with Gasteiger partial charge in [-0.2, -0.15) is 0 Å². The molecule has 2 aromatic rings. The molecule has 1 aliphatic heterocycles. The zero-order chi connectivity index (χ0) is 27.7. The van der Waals surface area contributed by atoms with Crippen molar-refractivity contribution in [1.82, 2.24) is 16.0 Å². The van der Waals surface area contributed by atoms with Gasteiger partial charge in [-0.1, -0.05) is 49.4 Å². The first-order chi connectivity index (χ1) is 18.2. The van der Waals surface area contributed by atoms with Gasteiger partial charge in [0, 0.05) is 51.1 Å². The van der Waals surface area contributed by atoms with Crippen LogP contribution in [0.3, 0.4) is 0 Å². The third-order valence-corrected chi connectivity index (χ3v) is 6.88. The van der Waals surface area contributed by atoms with Crippen LogP contribution in [0.25, 0.3) is 0 Å². The van der Waals surface area contributed by atoms with E-state index in [1.165, 1.54) is 14.0 Å². The summed E-state index contributed by atoms with van der Waals surface area (Å²) in [6, 6.07) is 12.4. The second-order valence-electron chi connectivity index (χ2n) is 9.86. The van der Waals surface area contributed by atoms with Gasteiger partial charge in [0.25, 0.3) is 0 Å². The van der Waals surface area contributed by atoms with Crippen molar-refractivity contribution in [1.29, 1.82) is 0 Å². The second-order valence-corrected chi connectivity index (χ2v) is 9.86. The van der Waals surface area contributed by atoms with Crippen molar-refractivity contribution in [2.24, 2.45) is 5.92 Å². The van der Waals surface area contributed by atoms with E-state index in [1.807, 2.05) is 43.3 Å². The minimum atomic E-state index is -0.833. The molecule has 1 aliphatic rings. The van der Waals surface area contributed by atoms with Crippen LogP contribution < -0.4 is 16.0 Å². The molecule has 8 nitrogen and oxygen atoms in total. The van der Waals surface area contributed by atoms with Crippen molar-refractivity contribution in [3.05, 3.63) is 77.0 Å². The van der Waals surface area contributed by atoms with Crippen molar-refractivity contribution in [2.75, 3.05) is 7.05 Å². The van der Waals surface area contributed by atoms with E-state index >= 15 is 0 Å². The van der Waals surface area contributed by atoms with E-state index in [4.69, 9.17) is 0 Å². The first-order valence-corrected chi connectivity index (χ1v) is 13.0. The predicted molar refractivity (Wildman–Crippen MR) is 145 cm³/mol. The number of aromatic hydroxyl groups is 1. The van der Waals surface area contributed by atoms with Gasteiger partial charge >= 0.3 is 0 Å². The Labute approximate surface area is 223 Å². The molecule has 4 N–H and O–H groups in total. The monoisotopic (exact) mass is 519 g/mol. The molecule has 0 fully saturated rings. The summed E-state index contributed by atoms with van der Waals surface area (Å²) in [7, 11) is 1.52. The zero-order valence-electron chi connectivity index (χ0n) is 22.3. The maximum Gasteiger partial charge on any atom is 0.242 e. The number of ketones is 1. The number of amides is 3. The molecule has 0 aromatic heterocycles. The van der Waals surface area contributed by atoms with Gasteiger partial charge in [-0.15, -0.1) is 0 Å². The van der Waals surface area contributed by atoms with Gasteiger partial charge in [0.2, 0.25) is 17.7 Å². The van der Waals surface area contributed by atoms with Gasteiger partial charge < -0.3 is 21.1 Å². The SMILES string of the molecule is CNC(=O)C1Cc2ccc(O)c(c2C[C@@H](C)C=CNC(C)=O)C(c2ccccc2)CCC(=O)CCC(=O)N1. The molecule has 0 saturated heterocycles. The number of carbonyl (C=O) groups excluding carboxylic acids is 4. The first kappa shape index (κ1) is 28.6. The van der Waals surface area contributed by atoms with Gasteiger partial charge in [-0.05, 0) is 47.7 Å². The Kier molecular flexibility index (Phi) is 10.2. The highest BCUT2D eigenvalue weighted by Crippen LogP contribution is 2.40. The predicted octanol–water partition coefficient (Wildman–Crippen LogP) is 3.27. The molecule has 3 amide bonds. The smallest absolute Gasteiger partial charge is 0.242 e. The average molecular weight is 520 g/mol. The lowest BCUT2D eigenvalue weighted by molar-refractivity contribution is -0.129. The molecule has 202 valence electrons. The molecular formula is C30H37N3O5. The van der Waals surface area contributed by atoms with E-state index in [0.29, 0.717) is 12.8 Å². The van der Waals surface area contributed by atoms with Gasteiger partial charge in [-0.25, -0.2) is 0 Å². The first-order valence-electron chi connectivity index (χ1n) is 13.0. The zero-order valence-corrected chi connectivity index (χ0v) is 22.3. The Bertz CT molecular complexity index is 1190. The van der Waals surface area contributed by atoms with Crippen molar-refractivity contribution in [3.8, 4) is 5.75 Å². The Morgan fingerprint density at radius 2 is 1.84 bits per heavy atom. The van der Waals surface area contributed by atoms with E-state index in [9.17, 15) is 24.3 Å². The molecule has 0 saturated carbocycles. The molecule has 0 radical (unpaired) electrons. The van der Waals surface area contributed by atoms with Gasteiger partial charge in [0.15, 0.2) is 0 Å². The van der Waals surface area contributed by atoms with Crippen LogP contribution in [0.15, 0.2) is 54.7 Å². The van der Waals surface area contributed by atoms with Crippen LogP contribution in [0.4, 0.5) is 0 Å². The number of allylic oxidation sites excluding steroid dienone is 1. The third kappa shape index (κ3) is 7.78. The Morgan fingerprint density at radius 1 is 1.11 bits per heavy atom. The number of phenols is 1. The van der Waals surface area contributed by atoms with Crippen LogP contribution in [-0.4, -0.2) is 41.7 Å². The fourth-order valence-electron chi connectivity index (χ4n) is 4.95. The number of carbonyl (C=O) groups is 4. The van der Waals surface area contributed by atoms with E-state index in [-0.39, 0.29) is 66.8 Å². The van der Waals surface area contributed by atoms with Crippen LogP contribution in [0.1, 0.15) is 67.7 Å². The standard InChI is InChI=1S/C30H37N3O5/c1-19(15-16-32-20(2)34)17-25-22-9-13-27(36)29(25)24(21-7-5-4-6-8-21)12-10-23(35)11-14-28(37)33-26(18-22)30(38)31-3/h4-9,13,15-16,19,24,26,36H,10-12,14,17-18H2,1-3H3,(H,31,38)(H,32,34)(H,33,37)/t19-,24?,26?/m0/s1. The fraction of sp³-hybridized carbons (Fsp3) is 0.400. The normalized spacial score (nSPS) is 19.4. The number of hydrogen-bond acceptors (Lipinski definition) is 5. The van der Waals surface area contributed by atoms with E-state index in [1.54, 1.807) is 18.3 Å². The minimum absolute atomic E-state index is 0.0169. The summed E-state index contributed by atoms with van der Waals surface area (Å²) in [6.45, 7) is 3.44. The highest BCUT2D eigenvalue weighted by Gasteiger charge is 2.28. The van der Waals surface area contributed by atoms with Crippen LogP contribution in [-0.2, 0) is 32.0 Å². The largest absolute Gasteiger partial charge is 0.508 e. The molecule has 38 heavy (non-hydrogen) atoms. The van der Waals surface area contributed by atoms with E-state index in [0.717, 1.165) is 22.3 Å². The average Bonchev–Trinajstić information content (AvgIpc) is 2.89. The lowest BCUT2D eigenvalue weighted by Crippen LogP contribution is -2.47. The number of Topliss-reactive ketones (excluding diaryl/α,β-unsaturated/α-hetero) is 1. The molecule has 0 spiro atoms. The number of hydrogen-bond donors (Lipinski definition) is 4. The van der Waals surface area contributed by atoms with Crippen LogP contribution in [0.2, 0.25) is 0 Å². The lowest BCUT2D eigenvalue weighted by Gasteiger charge is -2.26.